The van der Waals surface area contributed by atoms with E-state index >= 15 is 0 Å². The lowest BCUT2D eigenvalue weighted by Crippen LogP contribution is -2.34. The standard InChI is InChI=1S/C10H12O2/c1-10(7-11)6-5-8-3-2-4-9(8)12-10/h2-5,11H,6-7H2,1H3. The molecule has 2 aliphatic rings. The molecule has 0 fully saturated rings. The molecule has 1 heterocycles. The predicted octanol–water partition coefficient (Wildman–Crippen LogP) is 1.54. The summed E-state index contributed by atoms with van der Waals surface area (Å²) in [5.41, 5.74) is 0.724. The molecule has 0 bridgehead atoms. The Morgan fingerprint density at radius 1 is 1.67 bits per heavy atom. The summed E-state index contributed by atoms with van der Waals surface area (Å²) in [5, 5.41) is 9.07. The normalized spacial score (nSPS) is 32.2. The van der Waals surface area contributed by atoms with Gasteiger partial charge in [0.1, 0.15) is 11.4 Å². The van der Waals surface area contributed by atoms with Crippen LogP contribution in [-0.4, -0.2) is 17.3 Å². The highest BCUT2D eigenvalue weighted by Crippen LogP contribution is 2.33. The monoisotopic (exact) mass is 164 g/mol. The quantitative estimate of drug-likeness (QED) is 0.637. The molecular weight excluding hydrogens is 152 g/mol. The van der Waals surface area contributed by atoms with Crippen molar-refractivity contribution in [1.29, 1.82) is 0 Å². The Morgan fingerprint density at radius 2 is 2.50 bits per heavy atom. The van der Waals surface area contributed by atoms with Crippen molar-refractivity contribution in [2.24, 2.45) is 0 Å². The second kappa shape index (κ2) is 2.49. The minimum atomic E-state index is -0.415. The van der Waals surface area contributed by atoms with Crippen molar-refractivity contribution in [1.82, 2.24) is 0 Å². The van der Waals surface area contributed by atoms with Gasteiger partial charge in [0.2, 0.25) is 0 Å². The highest BCUT2D eigenvalue weighted by atomic mass is 16.5. The van der Waals surface area contributed by atoms with E-state index in [2.05, 4.69) is 6.08 Å². The molecule has 1 unspecified atom stereocenters. The topological polar surface area (TPSA) is 29.5 Å². The van der Waals surface area contributed by atoms with Crippen molar-refractivity contribution in [2.75, 3.05) is 6.61 Å². The van der Waals surface area contributed by atoms with Crippen LogP contribution in [0, 0.1) is 0 Å². The van der Waals surface area contributed by atoms with Gasteiger partial charge in [-0.25, -0.2) is 0 Å². The van der Waals surface area contributed by atoms with E-state index in [1.165, 1.54) is 0 Å². The van der Waals surface area contributed by atoms with Gasteiger partial charge in [-0.1, -0.05) is 18.2 Å². The molecule has 64 valence electrons. The number of ether oxygens (including phenoxy) is 1. The maximum Gasteiger partial charge on any atom is 0.133 e. The van der Waals surface area contributed by atoms with Crippen LogP contribution in [0.15, 0.2) is 35.6 Å². The summed E-state index contributed by atoms with van der Waals surface area (Å²) in [6.45, 7) is 1.98. The number of aliphatic hydroxyl groups is 1. The first-order valence-electron chi connectivity index (χ1n) is 4.12. The van der Waals surface area contributed by atoms with Gasteiger partial charge in [-0.3, -0.25) is 0 Å². The second-order valence-electron chi connectivity index (χ2n) is 3.46. The average molecular weight is 164 g/mol. The summed E-state index contributed by atoms with van der Waals surface area (Å²) >= 11 is 0. The first kappa shape index (κ1) is 7.62. The van der Waals surface area contributed by atoms with Gasteiger partial charge >= 0.3 is 0 Å². The molecule has 0 amide bonds. The molecule has 1 aliphatic heterocycles. The smallest absolute Gasteiger partial charge is 0.133 e. The molecule has 2 heteroatoms. The van der Waals surface area contributed by atoms with Crippen LogP contribution >= 0.6 is 0 Å². The largest absolute Gasteiger partial charge is 0.484 e. The van der Waals surface area contributed by atoms with Gasteiger partial charge in [-0.2, -0.15) is 0 Å². The highest BCUT2D eigenvalue weighted by molar-refractivity contribution is 5.46. The Kier molecular flexibility index (Phi) is 1.58. The lowest BCUT2D eigenvalue weighted by Gasteiger charge is -2.32. The van der Waals surface area contributed by atoms with E-state index in [1.807, 2.05) is 25.2 Å². The molecule has 2 rings (SSSR count). The molecule has 0 spiro atoms. The summed E-state index contributed by atoms with van der Waals surface area (Å²) in [7, 11) is 0. The van der Waals surface area contributed by atoms with Crippen molar-refractivity contribution in [3.63, 3.8) is 0 Å². The zero-order valence-electron chi connectivity index (χ0n) is 7.08. The zero-order chi connectivity index (χ0) is 8.60. The SMILES string of the molecule is CC1(CO)CC=C2C=CC=C2O1. The minimum absolute atomic E-state index is 0.0636. The molecule has 1 N–H and O–H groups in total. The van der Waals surface area contributed by atoms with E-state index in [-0.39, 0.29) is 6.61 Å². The lowest BCUT2D eigenvalue weighted by molar-refractivity contribution is -0.0269. The molecule has 0 radical (unpaired) electrons. The van der Waals surface area contributed by atoms with E-state index < -0.39 is 5.60 Å². The minimum Gasteiger partial charge on any atom is -0.484 e. The fourth-order valence-corrected chi connectivity index (χ4v) is 1.41. The molecule has 0 aromatic heterocycles. The van der Waals surface area contributed by atoms with Crippen molar-refractivity contribution in [3.8, 4) is 0 Å². The second-order valence-corrected chi connectivity index (χ2v) is 3.46. The van der Waals surface area contributed by atoms with Crippen molar-refractivity contribution < 1.29 is 9.84 Å². The molecule has 2 nitrogen and oxygen atoms in total. The number of allylic oxidation sites excluding steroid dienone is 3. The number of hydrogen-bond acceptors (Lipinski definition) is 2. The fourth-order valence-electron chi connectivity index (χ4n) is 1.41. The average Bonchev–Trinajstić information content (AvgIpc) is 2.51. The van der Waals surface area contributed by atoms with E-state index in [0.29, 0.717) is 0 Å². The van der Waals surface area contributed by atoms with Crippen molar-refractivity contribution in [3.05, 3.63) is 35.6 Å². The van der Waals surface area contributed by atoms with Crippen LogP contribution < -0.4 is 0 Å². The maximum absolute atomic E-state index is 9.07. The molecule has 1 atom stereocenters. The van der Waals surface area contributed by atoms with Crippen LogP contribution in [0.3, 0.4) is 0 Å². The van der Waals surface area contributed by atoms with E-state index in [4.69, 9.17) is 9.84 Å². The summed E-state index contributed by atoms with van der Waals surface area (Å²) in [5.74, 6) is 0.887. The third kappa shape index (κ3) is 1.08. The Morgan fingerprint density at radius 3 is 3.25 bits per heavy atom. The van der Waals surface area contributed by atoms with Gasteiger partial charge in [0, 0.05) is 12.0 Å². The van der Waals surface area contributed by atoms with Crippen LogP contribution in [0.25, 0.3) is 0 Å². The first-order chi connectivity index (χ1) is 5.73. The Hall–Kier alpha value is -1.02. The number of fused-ring (bicyclic) bond motifs is 1. The maximum atomic E-state index is 9.07. The van der Waals surface area contributed by atoms with E-state index in [1.54, 1.807) is 0 Å². The fraction of sp³-hybridized carbons (Fsp3) is 0.400. The molecule has 0 aromatic rings. The number of aliphatic hydroxyl groups excluding tert-OH is 1. The van der Waals surface area contributed by atoms with E-state index in [0.717, 1.165) is 17.8 Å². The number of hydrogen-bond donors (Lipinski definition) is 1. The summed E-state index contributed by atoms with van der Waals surface area (Å²) in [6, 6.07) is 0. The Bertz CT molecular complexity index is 286. The van der Waals surface area contributed by atoms with Crippen LogP contribution in [0.4, 0.5) is 0 Å². The van der Waals surface area contributed by atoms with Gasteiger partial charge in [-0.15, -0.1) is 0 Å². The summed E-state index contributed by atoms with van der Waals surface area (Å²) < 4.78 is 5.63. The Balaban J connectivity index is 2.26. The van der Waals surface area contributed by atoms with Gasteiger partial charge in [0.25, 0.3) is 0 Å². The predicted molar refractivity (Wildman–Crippen MR) is 46.5 cm³/mol. The lowest BCUT2D eigenvalue weighted by atomic mass is 9.98. The summed E-state index contributed by atoms with van der Waals surface area (Å²) in [6.07, 6.45) is 8.80. The first-order valence-corrected chi connectivity index (χ1v) is 4.12. The van der Waals surface area contributed by atoms with Gasteiger partial charge in [0.05, 0.1) is 6.61 Å². The molecule has 12 heavy (non-hydrogen) atoms. The third-order valence-electron chi connectivity index (χ3n) is 2.25. The molecule has 0 saturated carbocycles. The summed E-state index contributed by atoms with van der Waals surface area (Å²) in [4.78, 5) is 0. The molecule has 0 aromatic carbocycles. The molecular formula is C10H12O2. The van der Waals surface area contributed by atoms with Gasteiger partial charge < -0.3 is 9.84 Å². The highest BCUT2D eigenvalue weighted by Gasteiger charge is 2.30. The molecule has 0 saturated heterocycles. The van der Waals surface area contributed by atoms with Crippen LogP contribution in [0.2, 0.25) is 0 Å². The van der Waals surface area contributed by atoms with Crippen LogP contribution in [0.1, 0.15) is 13.3 Å². The van der Waals surface area contributed by atoms with Crippen LogP contribution in [-0.2, 0) is 4.74 Å². The Labute approximate surface area is 71.9 Å². The molecule has 1 aliphatic carbocycles. The van der Waals surface area contributed by atoms with Crippen molar-refractivity contribution in [2.45, 2.75) is 18.9 Å². The number of rotatable bonds is 1. The third-order valence-corrected chi connectivity index (χ3v) is 2.25. The van der Waals surface area contributed by atoms with Crippen molar-refractivity contribution >= 4 is 0 Å². The van der Waals surface area contributed by atoms with Gasteiger partial charge in [-0.05, 0) is 13.0 Å². The van der Waals surface area contributed by atoms with Crippen LogP contribution in [0.5, 0.6) is 0 Å². The zero-order valence-corrected chi connectivity index (χ0v) is 7.08. The van der Waals surface area contributed by atoms with E-state index in [9.17, 15) is 0 Å². The van der Waals surface area contributed by atoms with Gasteiger partial charge in [0.15, 0.2) is 0 Å².